The summed E-state index contributed by atoms with van der Waals surface area (Å²) in [4.78, 5) is 0.347. The van der Waals surface area contributed by atoms with Crippen molar-refractivity contribution < 1.29 is 8.42 Å². The van der Waals surface area contributed by atoms with Crippen LogP contribution in [0.5, 0.6) is 0 Å². The lowest BCUT2D eigenvalue weighted by Gasteiger charge is -2.26. The molecule has 4 nitrogen and oxygen atoms in total. The van der Waals surface area contributed by atoms with Crippen LogP contribution in [0.1, 0.15) is 28.5 Å². The lowest BCUT2D eigenvalue weighted by molar-refractivity contribution is 0.544. The molecule has 3 heterocycles. The molecule has 0 spiro atoms. The van der Waals surface area contributed by atoms with Crippen LogP contribution in [-0.4, -0.2) is 26.1 Å². The maximum atomic E-state index is 13.4. The normalized spacial score (nSPS) is 19.7. The van der Waals surface area contributed by atoms with Crippen molar-refractivity contribution in [1.82, 2.24) is 9.88 Å². The first-order valence-corrected chi connectivity index (χ1v) is 11.3. The first-order valence-electron chi connectivity index (χ1n) is 9.40. The van der Waals surface area contributed by atoms with Gasteiger partial charge in [0, 0.05) is 35.6 Å². The van der Waals surface area contributed by atoms with Crippen LogP contribution in [0.15, 0.2) is 47.4 Å². The number of aryl methyl sites for hydroxylation is 1. The molecule has 2 aliphatic rings. The van der Waals surface area contributed by atoms with Gasteiger partial charge in [-0.2, -0.15) is 0 Å². The molecule has 1 N–H and O–H groups in total. The van der Waals surface area contributed by atoms with E-state index in [1.165, 1.54) is 16.6 Å². The number of benzene rings is 2. The second kappa shape index (κ2) is 6.36. The average molecular weight is 401 g/mol. The van der Waals surface area contributed by atoms with Crippen molar-refractivity contribution in [3.8, 4) is 0 Å². The standard InChI is InChI=1S/C21H21ClN2O2S/c22-14-4-6-15(7-5-14)27(25,26)20-10-13-24-19-9-12-23-11-8-16(19)17-2-1-3-18(20)21(17)24/h1-7,20,23H,8-13H2. The molecule has 0 fully saturated rings. The second-order valence-corrected chi connectivity index (χ2v) is 9.91. The minimum Gasteiger partial charge on any atom is -0.344 e. The zero-order valence-corrected chi connectivity index (χ0v) is 16.5. The van der Waals surface area contributed by atoms with E-state index in [0.29, 0.717) is 16.3 Å². The molecule has 27 heavy (non-hydrogen) atoms. The Morgan fingerprint density at radius 1 is 1.04 bits per heavy atom. The number of fused-ring (bicyclic) bond motifs is 3. The minimum atomic E-state index is -3.46. The fourth-order valence-electron chi connectivity index (χ4n) is 4.69. The maximum absolute atomic E-state index is 13.4. The summed E-state index contributed by atoms with van der Waals surface area (Å²) in [5.74, 6) is 0. The van der Waals surface area contributed by atoms with Crippen LogP contribution in [0.3, 0.4) is 0 Å². The molecule has 0 aliphatic carbocycles. The van der Waals surface area contributed by atoms with Crippen LogP contribution in [0.25, 0.3) is 10.9 Å². The number of nitrogens with one attached hydrogen (secondary N) is 1. The summed E-state index contributed by atoms with van der Waals surface area (Å²) in [7, 11) is -3.46. The highest BCUT2D eigenvalue weighted by molar-refractivity contribution is 7.91. The highest BCUT2D eigenvalue weighted by Crippen LogP contribution is 2.43. The number of rotatable bonds is 2. The third-order valence-electron chi connectivity index (χ3n) is 5.91. The monoisotopic (exact) mass is 400 g/mol. The lowest BCUT2D eigenvalue weighted by Crippen LogP contribution is -2.22. The third-order valence-corrected chi connectivity index (χ3v) is 8.33. The zero-order valence-electron chi connectivity index (χ0n) is 14.9. The summed E-state index contributed by atoms with van der Waals surface area (Å²) < 4.78 is 29.1. The molecule has 2 aliphatic heterocycles. The van der Waals surface area contributed by atoms with E-state index in [0.717, 1.165) is 43.6 Å². The quantitative estimate of drug-likeness (QED) is 0.709. The summed E-state index contributed by atoms with van der Waals surface area (Å²) >= 11 is 5.95. The van der Waals surface area contributed by atoms with Crippen LogP contribution in [0, 0.1) is 0 Å². The Balaban J connectivity index is 1.70. The molecule has 6 heteroatoms. The summed E-state index contributed by atoms with van der Waals surface area (Å²) in [5, 5.41) is 4.73. The lowest BCUT2D eigenvalue weighted by atomic mass is 10.0. The van der Waals surface area contributed by atoms with Crippen LogP contribution < -0.4 is 5.32 Å². The number of hydrogen-bond donors (Lipinski definition) is 1. The number of nitrogens with zero attached hydrogens (tertiary/aromatic N) is 1. The molecule has 1 atom stereocenters. The van der Waals surface area contributed by atoms with Gasteiger partial charge in [-0.15, -0.1) is 0 Å². The predicted octanol–water partition coefficient (Wildman–Crippen LogP) is 3.90. The van der Waals surface area contributed by atoms with Gasteiger partial charge in [0.1, 0.15) is 0 Å². The molecule has 0 bridgehead atoms. The number of halogens is 1. The van der Waals surface area contributed by atoms with Crippen LogP contribution in [-0.2, 0) is 29.2 Å². The van der Waals surface area contributed by atoms with E-state index in [4.69, 9.17) is 11.6 Å². The molecule has 0 saturated carbocycles. The van der Waals surface area contributed by atoms with Gasteiger partial charge in [0.15, 0.2) is 9.84 Å². The van der Waals surface area contributed by atoms with E-state index >= 15 is 0 Å². The highest BCUT2D eigenvalue weighted by Gasteiger charge is 2.35. The molecule has 0 amide bonds. The molecule has 140 valence electrons. The first kappa shape index (κ1) is 17.3. The zero-order chi connectivity index (χ0) is 18.6. The molecule has 2 aromatic carbocycles. The fraction of sp³-hybridized carbons (Fsp3) is 0.333. The first-order chi connectivity index (χ1) is 13.1. The molecular formula is C21H21ClN2O2S. The summed E-state index contributed by atoms with van der Waals surface area (Å²) in [6, 6.07) is 12.7. The second-order valence-electron chi connectivity index (χ2n) is 7.35. The van der Waals surface area contributed by atoms with E-state index in [-0.39, 0.29) is 0 Å². The highest BCUT2D eigenvalue weighted by atomic mass is 35.5. The summed E-state index contributed by atoms with van der Waals surface area (Å²) in [5.41, 5.74) is 4.83. The van der Waals surface area contributed by atoms with Crippen molar-refractivity contribution in [2.45, 2.75) is 36.0 Å². The maximum Gasteiger partial charge on any atom is 0.185 e. The van der Waals surface area contributed by atoms with Gasteiger partial charge >= 0.3 is 0 Å². The van der Waals surface area contributed by atoms with Gasteiger partial charge in [-0.1, -0.05) is 29.8 Å². The summed E-state index contributed by atoms with van der Waals surface area (Å²) in [6.07, 6.45) is 2.60. The van der Waals surface area contributed by atoms with Gasteiger partial charge in [-0.3, -0.25) is 0 Å². The number of para-hydroxylation sites is 1. The minimum absolute atomic E-state index is 0.347. The predicted molar refractivity (Wildman–Crippen MR) is 108 cm³/mol. The molecule has 3 aromatic rings. The van der Waals surface area contributed by atoms with E-state index in [9.17, 15) is 8.42 Å². The van der Waals surface area contributed by atoms with Gasteiger partial charge in [0.25, 0.3) is 0 Å². The van der Waals surface area contributed by atoms with Crippen molar-refractivity contribution in [2.75, 3.05) is 13.1 Å². The van der Waals surface area contributed by atoms with Gasteiger partial charge < -0.3 is 9.88 Å². The van der Waals surface area contributed by atoms with Crippen LogP contribution >= 0.6 is 11.6 Å². The molecule has 0 saturated heterocycles. The topological polar surface area (TPSA) is 51.1 Å². The van der Waals surface area contributed by atoms with E-state index in [1.54, 1.807) is 24.3 Å². The van der Waals surface area contributed by atoms with E-state index in [2.05, 4.69) is 16.0 Å². The van der Waals surface area contributed by atoms with Crippen molar-refractivity contribution >= 4 is 32.3 Å². The fourth-order valence-corrected chi connectivity index (χ4v) is 6.60. The van der Waals surface area contributed by atoms with E-state index in [1.807, 2.05) is 12.1 Å². The average Bonchev–Trinajstić information content (AvgIpc) is 2.83. The summed E-state index contributed by atoms with van der Waals surface area (Å²) in [6.45, 7) is 2.70. The van der Waals surface area contributed by atoms with Crippen LogP contribution in [0.4, 0.5) is 0 Å². The molecule has 0 radical (unpaired) electrons. The Labute approximate surface area is 164 Å². The Morgan fingerprint density at radius 3 is 2.63 bits per heavy atom. The number of aromatic nitrogens is 1. The van der Waals surface area contributed by atoms with Crippen molar-refractivity contribution in [3.05, 3.63) is 64.3 Å². The van der Waals surface area contributed by atoms with Crippen molar-refractivity contribution in [2.24, 2.45) is 0 Å². The van der Waals surface area contributed by atoms with E-state index < -0.39 is 15.1 Å². The van der Waals surface area contributed by atoms with Crippen molar-refractivity contribution in [3.63, 3.8) is 0 Å². The SMILES string of the molecule is O=S(=O)(c1ccc(Cl)cc1)C1CCn2c3c(c4cccc1c42)CCNCC3. The molecular weight excluding hydrogens is 380 g/mol. The van der Waals surface area contributed by atoms with Gasteiger partial charge in [-0.05, 0) is 54.8 Å². The molecule has 1 unspecified atom stereocenters. The van der Waals surface area contributed by atoms with Gasteiger partial charge in [0.05, 0.1) is 15.7 Å². The van der Waals surface area contributed by atoms with Crippen LogP contribution in [0.2, 0.25) is 5.02 Å². The third kappa shape index (κ3) is 2.64. The number of hydrogen-bond acceptors (Lipinski definition) is 3. The number of sulfone groups is 1. The molecule has 1 aromatic heterocycles. The van der Waals surface area contributed by atoms with Gasteiger partial charge in [0.2, 0.25) is 0 Å². The van der Waals surface area contributed by atoms with Crippen molar-refractivity contribution in [1.29, 1.82) is 0 Å². The largest absolute Gasteiger partial charge is 0.344 e. The Kier molecular flexibility index (Phi) is 4.08. The Morgan fingerprint density at radius 2 is 1.81 bits per heavy atom. The molecule has 5 rings (SSSR count). The Hall–Kier alpha value is -1.82. The smallest absolute Gasteiger partial charge is 0.185 e. The van der Waals surface area contributed by atoms with Gasteiger partial charge in [-0.25, -0.2) is 8.42 Å². The Bertz CT molecular complexity index is 1130.